The first-order valence-corrected chi connectivity index (χ1v) is 6.56. The quantitative estimate of drug-likeness (QED) is 0.798. The molecule has 1 N–H and O–H groups in total. The van der Waals surface area contributed by atoms with Gasteiger partial charge in [0.05, 0.1) is 6.04 Å². The van der Waals surface area contributed by atoms with E-state index < -0.39 is 0 Å². The lowest BCUT2D eigenvalue weighted by Gasteiger charge is -2.23. The minimum absolute atomic E-state index is 0.531. The van der Waals surface area contributed by atoms with Crippen molar-refractivity contribution in [3.8, 4) is 0 Å². The Bertz CT molecular complexity index is 278. The number of hydrogen-bond acceptors (Lipinski definition) is 3. The number of hydrogen-bond donors (Lipinski definition) is 1. The normalized spacial score (nSPS) is 18.3. The van der Waals surface area contributed by atoms with Crippen LogP contribution in [0.25, 0.3) is 0 Å². The molecule has 2 nitrogen and oxygen atoms in total. The zero-order valence-electron chi connectivity index (χ0n) is 9.57. The zero-order valence-corrected chi connectivity index (χ0v) is 10.4. The SMILES string of the molecule is CN(C)C(CNCC1CC1)c1cccs1. The van der Waals surface area contributed by atoms with E-state index >= 15 is 0 Å². The Morgan fingerprint density at radius 3 is 2.87 bits per heavy atom. The molecule has 0 radical (unpaired) electrons. The summed E-state index contributed by atoms with van der Waals surface area (Å²) in [7, 11) is 4.31. The van der Waals surface area contributed by atoms with Gasteiger partial charge in [0, 0.05) is 11.4 Å². The molecule has 2 rings (SSSR count). The van der Waals surface area contributed by atoms with Gasteiger partial charge in [0.15, 0.2) is 0 Å². The smallest absolute Gasteiger partial charge is 0.0561 e. The Morgan fingerprint density at radius 1 is 1.53 bits per heavy atom. The predicted molar refractivity (Wildman–Crippen MR) is 66.3 cm³/mol. The van der Waals surface area contributed by atoms with Crippen molar-refractivity contribution in [1.82, 2.24) is 10.2 Å². The summed E-state index contributed by atoms with van der Waals surface area (Å²) in [5.41, 5.74) is 0. The highest BCUT2D eigenvalue weighted by atomic mass is 32.1. The average molecular weight is 224 g/mol. The molecule has 3 heteroatoms. The van der Waals surface area contributed by atoms with E-state index in [1.807, 2.05) is 11.3 Å². The van der Waals surface area contributed by atoms with Crippen LogP contribution in [0.5, 0.6) is 0 Å². The molecule has 1 aliphatic carbocycles. The molecular weight excluding hydrogens is 204 g/mol. The molecule has 0 bridgehead atoms. The van der Waals surface area contributed by atoms with Gasteiger partial charge >= 0.3 is 0 Å². The van der Waals surface area contributed by atoms with Crippen molar-refractivity contribution in [2.24, 2.45) is 5.92 Å². The summed E-state index contributed by atoms with van der Waals surface area (Å²) in [6.45, 7) is 2.28. The lowest BCUT2D eigenvalue weighted by atomic mass is 10.2. The van der Waals surface area contributed by atoms with Crippen LogP contribution < -0.4 is 5.32 Å². The lowest BCUT2D eigenvalue weighted by Crippen LogP contribution is -2.31. The Labute approximate surface area is 96.3 Å². The zero-order chi connectivity index (χ0) is 10.7. The summed E-state index contributed by atoms with van der Waals surface area (Å²) < 4.78 is 0. The third-order valence-electron chi connectivity index (χ3n) is 2.96. The Morgan fingerprint density at radius 2 is 2.33 bits per heavy atom. The van der Waals surface area contributed by atoms with Crippen LogP contribution in [0.2, 0.25) is 0 Å². The fourth-order valence-electron chi connectivity index (χ4n) is 1.76. The van der Waals surface area contributed by atoms with Crippen LogP contribution >= 0.6 is 11.3 Å². The maximum Gasteiger partial charge on any atom is 0.0561 e. The van der Waals surface area contributed by atoms with Gasteiger partial charge < -0.3 is 10.2 Å². The van der Waals surface area contributed by atoms with Gasteiger partial charge in [-0.1, -0.05) is 6.07 Å². The van der Waals surface area contributed by atoms with Crippen molar-refractivity contribution >= 4 is 11.3 Å². The van der Waals surface area contributed by atoms with Crippen LogP contribution in [0.4, 0.5) is 0 Å². The second kappa shape index (κ2) is 5.10. The number of nitrogens with zero attached hydrogens (tertiary/aromatic N) is 1. The molecule has 1 atom stereocenters. The van der Waals surface area contributed by atoms with Gasteiger partial charge in [-0.25, -0.2) is 0 Å². The van der Waals surface area contributed by atoms with E-state index in [2.05, 4.69) is 41.8 Å². The summed E-state index contributed by atoms with van der Waals surface area (Å²) in [6.07, 6.45) is 2.86. The molecule has 0 aliphatic heterocycles. The highest BCUT2D eigenvalue weighted by Crippen LogP contribution is 2.28. The van der Waals surface area contributed by atoms with Gasteiger partial charge in [0.25, 0.3) is 0 Å². The van der Waals surface area contributed by atoms with E-state index in [1.54, 1.807) is 0 Å². The van der Waals surface area contributed by atoms with Gasteiger partial charge in [0.1, 0.15) is 0 Å². The summed E-state index contributed by atoms with van der Waals surface area (Å²) in [6, 6.07) is 4.90. The van der Waals surface area contributed by atoms with Crippen LogP contribution in [-0.4, -0.2) is 32.1 Å². The van der Waals surface area contributed by atoms with E-state index in [9.17, 15) is 0 Å². The maximum atomic E-state index is 3.58. The van der Waals surface area contributed by atoms with Crippen LogP contribution in [-0.2, 0) is 0 Å². The molecule has 1 unspecified atom stereocenters. The number of nitrogens with one attached hydrogen (secondary N) is 1. The van der Waals surface area contributed by atoms with Gasteiger partial charge in [-0.3, -0.25) is 0 Å². The summed E-state index contributed by atoms with van der Waals surface area (Å²) >= 11 is 1.85. The molecule has 15 heavy (non-hydrogen) atoms. The van der Waals surface area contributed by atoms with Gasteiger partial charge in [0.2, 0.25) is 0 Å². The molecule has 0 saturated heterocycles. The summed E-state index contributed by atoms with van der Waals surface area (Å²) in [5.74, 6) is 0.969. The first kappa shape index (κ1) is 11.1. The third-order valence-corrected chi connectivity index (χ3v) is 3.94. The van der Waals surface area contributed by atoms with Crippen LogP contribution in [0.1, 0.15) is 23.8 Å². The largest absolute Gasteiger partial charge is 0.315 e. The minimum Gasteiger partial charge on any atom is -0.315 e. The molecular formula is C12H20N2S. The van der Waals surface area contributed by atoms with E-state index in [1.165, 1.54) is 24.3 Å². The van der Waals surface area contributed by atoms with E-state index in [0.29, 0.717) is 6.04 Å². The van der Waals surface area contributed by atoms with Crippen molar-refractivity contribution in [3.05, 3.63) is 22.4 Å². The van der Waals surface area contributed by atoms with E-state index in [4.69, 9.17) is 0 Å². The molecule has 1 heterocycles. The number of likely N-dealkylation sites (N-methyl/N-ethyl adjacent to an activating group) is 1. The topological polar surface area (TPSA) is 15.3 Å². The predicted octanol–water partition coefficient (Wildman–Crippen LogP) is 2.35. The molecule has 84 valence electrons. The van der Waals surface area contributed by atoms with Gasteiger partial charge in [-0.2, -0.15) is 0 Å². The van der Waals surface area contributed by atoms with Crippen molar-refractivity contribution in [3.63, 3.8) is 0 Å². The van der Waals surface area contributed by atoms with E-state index in [0.717, 1.165) is 12.5 Å². The van der Waals surface area contributed by atoms with Crippen LogP contribution in [0, 0.1) is 5.92 Å². The fourth-order valence-corrected chi connectivity index (χ4v) is 2.69. The Kier molecular flexibility index (Phi) is 3.78. The third kappa shape index (κ3) is 3.30. The van der Waals surface area contributed by atoms with Crippen molar-refractivity contribution in [2.45, 2.75) is 18.9 Å². The average Bonchev–Trinajstić information content (AvgIpc) is 2.86. The molecule has 1 saturated carbocycles. The molecule has 1 fully saturated rings. The first-order chi connectivity index (χ1) is 7.27. The van der Waals surface area contributed by atoms with Crippen molar-refractivity contribution in [1.29, 1.82) is 0 Å². The molecule has 1 aromatic rings. The maximum absolute atomic E-state index is 3.58. The van der Waals surface area contributed by atoms with Crippen molar-refractivity contribution < 1.29 is 0 Å². The molecule has 0 amide bonds. The molecule has 0 aromatic carbocycles. The lowest BCUT2D eigenvalue weighted by molar-refractivity contribution is 0.292. The highest BCUT2D eigenvalue weighted by Gasteiger charge is 2.21. The minimum atomic E-state index is 0.531. The number of thiophene rings is 1. The monoisotopic (exact) mass is 224 g/mol. The Hall–Kier alpha value is -0.380. The molecule has 1 aliphatic rings. The molecule has 0 spiro atoms. The van der Waals surface area contributed by atoms with Crippen LogP contribution in [0.15, 0.2) is 17.5 Å². The summed E-state index contributed by atoms with van der Waals surface area (Å²) in [5, 5.41) is 5.74. The first-order valence-electron chi connectivity index (χ1n) is 5.68. The van der Waals surface area contributed by atoms with Gasteiger partial charge in [-0.05, 0) is 50.8 Å². The second-order valence-corrected chi connectivity index (χ2v) is 5.58. The Balaban J connectivity index is 1.82. The van der Waals surface area contributed by atoms with Crippen LogP contribution in [0.3, 0.4) is 0 Å². The highest BCUT2D eigenvalue weighted by molar-refractivity contribution is 7.10. The van der Waals surface area contributed by atoms with E-state index in [-0.39, 0.29) is 0 Å². The van der Waals surface area contributed by atoms with Crippen molar-refractivity contribution in [2.75, 3.05) is 27.2 Å². The molecule has 1 aromatic heterocycles. The summed E-state index contributed by atoms with van der Waals surface area (Å²) in [4.78, 5) is 3.76. The number of rotatable bonds is 6. The standard InChI is InChI=1S/C12H20N2S/c1-14(2)11(12-4-3-7-15-12)9-13-8-10-5-6-10/h3-4,7,10-11,13H,5-6,8-9H2,1-2H3. The fraction of sp³-hybridized carbons (Fsp3) is 0.667. The van der Waals surface area contributed by atoms with Gasteiger partial charge in [-0.15, -0.1) is 11.3 Å². The second-order valence-electron chi connectivity index (χ2n) is 4.60.